The number of carbonyl (C=O) groups excluding carboxylic acids is 1. The molecule has 0 bridgehead atoms. The van der Waals surface area contributed by atoms with Crippen molar-refractivity contribution in [2.45, 2.75) is 70.3 Å². The predicted molar refractivity (Wildman–Crippen MR) is 118 cm³/mol. The molecule has 0 unspecified atom stereocenters. The van der Waals surface area contributed by atoms with Gasteiger partial charge in [-0.05, 0) is 75.2 Å². The molecule has 2 fully saturated rings. The molecule has 0 radical (unpaired) electrons. The highest BCUT2D eigenvalue weighted by Crippen LogP contribution is 2.36. The number of hydrogen-bond acceptors (Lipinski definition) is 3. The van der Waals surface area contributed by atoms with E-state index >= 15 is 0 Å². The Morgan fingerprint density at radius 2 is 1.74 bits per heavy atom. The second-order valence-electron chi connectivity index (χ2n) is 9.89. The Kier molecular flexibility index (Phi) is 6.39. The molecule has 1 saturated carbocycles. The first-order chi connectivity index (χ1) is 16.3. The van der Waals surface area contributed by atoms with Gasteiger partial charge in [0, 0.05) is 24.6 Å². The topological polar surface area (TPSA) is 41.4 Å². The number of nitrogens with zero attached hydrogens (tertiary/aromatic N) is 4. The number of halogens is 4. The van der Waals surface area contributed by atoms with Crippen molar-refractivity contribution < 1.29 is 22.4 Å². The summed E-state index contributed by atoms with van der Waals surface area (Å²) in [5.74, 6) is -0.0414. The lowest BCUT2D eigenvalue weighted by Gasteiger charge is -2.42. The number of likely N-dealkylation sites (tertiary alicyclic amines) is 1. The molecule has 1 amide bonds. The first-order valence-corrected chi connectivity index (χ1v) is 12.2. The van der Waals surface area contributed by atoms with Crippen molar-refractivity contribution in [3.8, 4) is 0 Å². The number of carbonyl (C=O) groups is 1. The molecule has 2 aliphatic heterocycles. The fourth-order valence-corrected chi connectivity index (χ4v) is 5.61. The molecule has 184 valence electrons. The van der Waals surface area contributed by atoms with Gasteiger partial charge in [0.15, 0.2) is 5.69 Å². The maximum absolute atomic E-state index is 13.7. The Hall–Kier alpha value is -2.42. The van der Waals surface area contributed by atoms with Gasteiger partial charge in [-0.25, -0.2) is 4.39 Å². The SMILES string of the molecule is O=C(CC1CCC(N2CCC2)CC1)N1CCc2c(C(F)(F)F)nn(Cc3ccc(F)cc3)c2C1. The minimum atomic E-state index is -4.56. The van der Waals surface area contributed by atoms with Crippen LogP contribution >= 0.6 is 0 Å². The molecule has 3 heterocycles. The molecule has 3 aliphatic rings. The minimum Gasteiger partial charge on any atom is -0.336 e. The van der Waals surface area contributed by atoms with Crippen LogP contribution in [0.4, 0.5) is 17.6 Å². The van der Waals surface area contributed by atoms with Crippen molar-refractivity contribution in [3.63, 3.8) is 0 Å². The molecule has 5 rings (SSSR count). The van der Waals surface area contributed by atoms with Gasteiger partial charge in [-0.15, -0.1) is 0 Å². The Morgan fingerprint density at radius 3 is 2.35 bits per heavy atom. The fraction of sp³-hybridized carbons (Fsp3) is 0.600. The number of alkyl halides is 3. The summed E-state index contributed by atoms with van der Waals surface area (Å²) in [6.45, 7) is 2.88. The van der Waals surface area contributed by atoms with Crippen LogP contribution in [0.3, 0.4) is 0 Å². The average Bonchev–Trinajstić information content (AvgIpc) is 3.13. The van der Waals surface area contributed by atoms with Crippen LogP contribution in [0.1, 0.15) is 61.0 Å². The van der Waals surface area contributed by atoms with E-state index < -0.39 is 17.7 Å². The van der Waals surface area contributed by atoms with Crippen LogP contribution in [0, 0.1) is 11.7 Å². The molecule has 5 nitrogen and oxygen atoms in total. The molecule has 1 aromatic carbocycles. The van der Waals surface area contributed by atoms with E-state index in [4.69, 9.17) is 0 Å². The van der Waals surface area contributed by atoms with Crippen LogP contribution in [0.5, 0.6) is 0 Å². The van der Waals surface area contributed by atoms with Crippen molar-refractivity contribution >= 4 is 5.91 Å². The molecule has 1 aromatic heterocycles. The lowest BCUT2D eigenvalue weighted by Crippen LogP contribution is -2.46. The number of aromatic nitrogens is 2. The van der Waals surface area contributed by atoms with Crippen molar-refractivity contribution in [2.75, 3.05) is 19.6 Å². The fourth-order valence-electron chi connectivity index (χ4n) is 5.61. The maximum Gasteiger partial charge on any atom is 0.435 e. The van der Waals surface area contributed by atoms with Gasteiger partial charge in [0.1, 0.15) is 5.82 Å². The van der Waals surface area contributed by atoms with Gasteiger partial charge in [-0.1, -0.05) is 12.1 Å². The third-order valence-corrected chi connectivity index (χ3v) is 7.69. The standard InChI is InChI=1S/C25H30F4N4O/c26-19-6-2-18(3-7-19)15-33-22-16-32(13-10-21(22)24(30-33)25(27,28)29)23(34)14-17-4-8-20(9-5-17)31-11-1-12-31/h2-3,6-7,17,20H,1,4-5,8-16H2. The van der Waals surface area contributed by atoms with Crippen molar-refractivity contribution in [3.05, 3.63) is 52.6 Å². The van der Waals surface area contributed by atoms with Crippen LogP contribution in [-0.2, 0) is 30.5 Å². The Morgan fingerprint density at radius 1 is 1.03 bits per heavy atom. The highest BCUT2D eigenvalue weighted by molar-refractivity contribution is 5.76. The monoisotopic (exact) mass is 478 g/mol. The van der Waals surface area contributed by atoms with E-state index in [9.17, 15) is 22.4 Å². The van der Waals surface area contributed by atoms with Gasteiger partial charge in [0.2, 0.25) is 5.91 Å². The van der Waals surface area contributed by atoms with Crippen molar-refractivity contribution in [1.29, 1.82) is 0 Å². The Balaban J connectivity index is 1.27. The lowest BCUT2D eigenvalue weighted by atomic mass is 9.82. The molecule has 34 heavy (non-hydrogen) atoms. The van der Waals surface area contributed by atoms with Crippen LogP contribution < -0.4 is 0 Å². The first-order valence-electron chi connectivity index (χ1n) is 12.2. The highest BCUT2D eigenvalue weighted by Gasteiger charge is 2.41. The van der Waals surface area contributed by atoms with Crippen LogP contribution in [0.15, 0.2) is 24.3 Å². The highest BCUT2D eigenvalue weighted by atomic mass is 19.4. The number of amides is 1. The number of fused-ring (bicyclic) bond motifs is 1. The molecule has 0 spiro atoms. The average molecular weight is 479 g/mol. The van der Waals surface area contributed by atoms with Gasteiger partial charge in [-0.3, -0.25) is 9.48 Å². The van der Waals surface area contributed by atoms with Crippen molar-refractivity contribution in [2.24, 2.45) is 5.92 Å². The van der Waals surface area contributed by atoms with E-state index in [2.05, 4.69) is 10.00 Å². The molecule has 0 N–H and O–H groups in total. The van der Waals surface area contributed by atoms with Gasteiger partial charge in [0.25, 0.3) is 0 Å². The molecular weight excluding hydrogens is 448 g/mol. The Bertz CT molecular complexity index is 1020. The maximum atomic E-state index is 13.7. The summed E-state index contributed by atoms with van der Waals surface area (Å²) >= 11 is 0. The van der Waals surface area contributed by atoms with Gasteiger partial charge < -0.3 is 9.80 Å². The first kappa shape index (κ1) is 23.3. The quantitative estimate of drug-likeness (QED) is 0.589. The van der Waals surface area contributed by atoms with E-state index in [1.165, 1.54) is 36.3 Å². The largest absolute Gasteiger partial charge is 0.435 e. The normalized spacial score (nSPS) is 23.5. The van der Waals surface area contributed by atoms with E-state index in [0.717, 1.165) is 25.7 Å². The second-order valence-corrected chi connectivity index (χ2v) is 9.89. The third kappa shape index (κ3) is 4.85. The second kappa shape index (κ2) is 9.32. The van der Waals surface area contributed by atoms with Gasteiger partial charge in [0.05, 0.1) is 18.8 Å². The minimum absolute atomic E-state index is 0.0149. The summed E-state index contributed by atoms with van der Waals surface area (Å²) in [7, 11) is 0. The summed E-state index contributed by atoms with van der Waals surface area (Å²) in [5, 5.41) is 3.88. The van der Waals surface area contributed by atoms with E-state index in [1.807, 2.05) is 0 Å². The molecule has 1 saturated heterocycles. The zero-order valence-corrected chi connectivity index (χ0v) is 19.2. The lowest BCUT2D eigenvalue weighted by molar-refractivity contribution is -0.142. The molecule has 0 atom stereocenters. The van der Waals surface area contributed by atoms with Crippen LogP contribution in [-0.4, -0.2) is 51.2 Å². The summed E-state index contributed by atoms with van der Waals surface area (Å²) in [5.41, 5.74) is 0.385. The Labute approximate surface area is 196 Å². The van der Waals surface area contributed by atoms with E-state index in [-0.39, 0.29) is 37.5 Å². The van der Waals surface area contributed by atoms with E-state index in [0.29, 0.717) is 29.6 Å². The van der Waals surface area contributed by atoms with Crippen LogP contribution in [0.25, 0.3) is 0 Å². The van der Waals surface area contributed by atoms with Crippen molar-refractivity contribution in [1.82, 2.24) is 19.6 Å². The molecule has 9 heteroatoms. The molecular formula is C25H30F4N4O. The van der Waals surface area contributed by atoms with Gasteiger partial charge in [-0.2, -0.15) is 18.3 Å². The van der Waals surface area contributed by atoms with Gasteiger partial charge >= 0.3 is 6.18 Å². The number of rotatable bonds is 5. The third-order valence-electron chi connectivity index (χ3n) is 7.69. The molecule has 1 aliphatic carbocycles. The summed E-state index contributed by atoms with van der Waals surface area (Å²) in [6.07, 6.45) is 1.65. The summed E-state index contributed by atoms with van der Waals surface area (Å²) < 4.78 is 55.6. The zero-order chi connectivity index (χ0) is 23.9. The van der Waals surface area contributed by atoms with Crippen LogP contribution in [0.2, 0.25) is 0 Å². The zero-order valence-electron chi connectivity index (χ0n) is 19.2. The smallest absolute Gasteiger partial charge is 0.336 e. The number of benzene rings is 1. The van der Waals surface area contributed by atoms with E-state index in [1.54, 1.807) is 17.0 Å². The number of hydrogen-bond donors (Lipinski definition) is 0. The predicted octanol–water partition coefficient (Wildman–Crippen LogP) is 4.63. The summed E-state index contributed by atoms with van der Waals surface area (Å²) in [4.78, 5) is 17.3. The summed E-state index contributed by atoms with van der Waals surface area (Å²) in [6, 6.07) is 6.29. The molecule has 2 aromatic rings.